The highest BCUT2D eigenvalue weighted by molar-refractivity contribution is 5.93. The van der Waals surface area contributed by atoms with Crippen molar-refractivity contribution in [2.75, 3.05) is 7.11 Å². The second kappa shape index (κ2) is 7.68. The molecule has 0 saturated heterocycles. The summed E-state index contributed by atoms with van der Waals surface area (Å²) in [4.78, 5) is 47.2. The van der Waals surface area contributed by atoms with Crippen LogP contribution in [0.2, 0.25) is 0 Å². The van der Waals surface area contributed by atoms with Gasteiger partial charge < -0.3 is 15.4 Å². The largest absolute Gasteiger partial charge is 0.464 e. The summed E-state index contributed by atoms with van der Waals surface area (Å²) in [6, 6.07) is 5.07. The van der Waals surface area contributed by atoms with Crippen molar-refractivity contribution in [1.29, 1.82) is 0 Å². The maximum atomic E-state index is 12.1. The van der Waals surface area contributed by atoms with Crippen molar-refractivity contribution in [3.8, 4) is 0 Å². The maximum absolute atomic E-state index is 12.1. The Labute approximate surface area is 149 Å². The molecule has 0 spiro atoms. The Morgan fingerprint density at radius 3 is 2.08 bits per heavy atom. The summed E-state index contributed by atoms with van der Waals surface area (Å²) in [5.41, 5.74) is 0.504. The fraction of sp³-hybridized carbons (Fsp3) is 0.294. The molecule has 0 radical (unpaired) electrons. The molecule has 9 heteroatoms. The van der Waals surface area contributed by atoms with Crippen LogP contribution < -0.4 is 10.6 Å². The molecule has 0 atom stereocenters. The standard InChI is InChI=1S/C17H17N5O4/c1-26-17(25)14-9-19-13(8-20-14)16(24)22-11-6-10(7-11)21-15(23)12-4-2-3-5-18-12/h2-5,8-11H,6-7H2,1H3,(H,21,23)(H,22,24). The van der Waals surface area contributed by atoms with Gasteiger partial charge in [0.05, 0.1) is 19.5 Å². The van der Waals surface area contributed by atoms with Crippen molar-refractivity contribution >= 4 is 17.8 Å². The Kier molecular flexibility index (Phi) is 5.16. The summed E-state index contributed by atoms with van der Waals surface area (Å²) in [5.74, 6) is -1.23. The molecule has 2 heterocycles. The van der Waals surface area contributed by atoms with Crippen LogP contribution >= 0.6 is 0 Å². The number of esters is 1. The van der Waals surface area contributed by atoms with Gasteiger partial charge in [-0.3, -0.25) is 14.6 Å². The van der Waals surface area contributed by atoms with Crippen LogP contribution in [0.4, 0.5) is 0 Å². The van der Waals surface area contributed by atoms with Gasteiger partial charge in [-0.05, 0) is 25.0 Å². The highest BCUT2D eigenvalue weighted by Crippen LogP contribution is 2.20. The summed E-state index contributed by atoms with van der Waals surface area (Å²) < 4.78 is 4.52. The molecule has 1 aliphatic rings. The Hall–Kier alpha value is -3.36. The number of amides is 2. The number of methoxy groups -OCH3 is 1. The SMILES string of the molecule is COC(=O)c1cnc(C(=O)NC2CC(NC(=O)c3ccccn3)C2)cn1. The fourth-order valence-corrected chi connectivity index (χ4v) is 2.52. The number of hydrogen-bond donors (Lipinski definition) is 2. The van der Waals surface area contributed by atoms with Gasteiger partial charge in [-0.2, -0.15) is 0 Å². The minimum absolute atomic E-state index is 0.0115. The normalized spacial score (nSPS) is 18.3. The van der Waals surface area contributed by atoms with Crippen molar-refractivity contribution in [3.05, 3.63) is 53.9 Å². The molecule has 2 aromatic heterocycles. The van der Waals surface area contributed by atoms with E-state index < -0.39 is 5.97 Å². The molecule has 0 aromatic carbocycles. The van der Waals surface area contributed by atoms with Crippen LogP contribution in [-0.2, 0) is 4.74 Å². The third kappa shape index (κ3) is 4.00. The Morgan fingerprint density at radius 2 is 1.54 bits per heavy atom. The number of pyridine rings is 1. The van der Waals surface area contributed by atoms with E-state index in [9.17, 15) is 14.4 Å². The average Bonchev–Trinajstić information content (AvgIpc) is 2.66. The summed E-state index contributed by atoms with van der Waals surface area (Å²) in [5, 5.41) is 5.68. The van der Waals surface area contributed by atoms with Crippen LogP contribution in [0, 0.1) is 0 Å². The van der Waals surface area contributed by atoms with E-state index in [1.165, 1.54) is 19.5 Å². The molecular weight excluding hydrogens is 338 g/mol. The van der Waals surface area contributed by atoms with Crippen molar-refractivity contribution < 1.29 is 19.1 Å². The molecular formula is C17H17N5O4. The van der Waals surface area contributed by atoms with Crippen LogP contribution in [0.3, 0.4) is 0 Å². The van der Waals surface area contributed by atoms with Crippen LogP contribution in [0.1, 0.15) is 44.3 Å². The summed E-state index contributed by atoms with van der Waals surface area (Å²) >= 11 is 0. The summed E-state index contributed by atoms with van der Waals surface area (Å²) in [7, 11) is 1.24. The number of rotatable bonds is 5. The first kappa shape index (κ1) is 17.5. The average molecular weight is 355 g/mol. The topological polar surface area (TPSA) is 123 Å². The lowest BCUT2D eigenvalue weighted by molar-refractivity contribution is 0.0592. The monoisotopic (exact) mass is 355 g/mol. The highest BCUT2D eigenvalue weighted by atomic mass is 16.5. The van der Waals surface area contributed by atoms with E-state index >= 15 is 0 Å². The molecule has 2 aromatic rings. The van der Waals surface area contributed by atoms with Gasteiger partial charge in [0.2, 0.25) is 0 Å². The lowest BCUT2D eigenvalue weighted by Crippen LogP contribution is -2.53. The van der Waals surface area contributed by atoms with Crippen molar-refractivity contribution in [2.24, 2.45) is 0 Å². The van der Waals surface area contributed by atoms with E-state index in [0.29, 0.717) is 18.5 Å². The molecule has 2 N–H and O–H groups in total. The Morgan fingerprint density at radius 1 is 0.923 bits per heavy atom. The lowest BCUT2D eigenvalue weighted by atomic mass is 9.86. The predicted molar refractivity (Wildman–Crippen MR) is 89.4 cm³/mol. The molecule has 0 aliphatic heterocycles. The molecule has 1 aliphatic carbocycles. The summed E-state index contributed by atoms with van der Waals surface area (Å²) in [6.45, 7) is 0. The van der Waals surface area contributed by atoms with E-state index in [4.69, 9.17) is 0 Å². The molecule has 0 unspecified atom stereocenters. The van der Waals surface area contributed by atoms with Gasteiger partial charge in [-0.25, -0.2) is 14.8 Å². The highest BCUT2D eigenvalue weighted by Gasteiger charge is 2.32. The van der Waals surface area contributed by atoms with Gasteiger partial charge >= 0.3 is 5.97 Å². The molecule has 9 nitrogen and oxygen atoms in total. The lowest BCUT2D eigenvalue weighted by Gasteiger charge is -2.36. The number of aromatic nitrogens is 3. The number of nitrogens with one attached hydrogen (secondary N) is 2. The van der Waals surface area contributed by atoms with Gasteiger partial charge in [0.15, 0.2) is 5.69 Å². The first-order valence-electron chi connectivity index (χ1n) is 8.00. The molecule has 1 saturated carbocycles. The quantitative estimate of drug-likeness (QED) is 0.742. The number of carbonyl (C=O) groups excluding carboxylic acids is 3. The number of nitrogens with zero attached hydrogens (tertiary/aromatic N) is 3. The second-order valence-electron chi connectivity index (χ2n) is 5.81. The van der Waals surface area contributed by atoms with Crippen LogP contribution in [-0.4, -0.2) is 51.9 Å². The first-order valence-corrected chi connectivity index (χ1v) is 8.00. The van der Waals surface area contributed by atoms with Crippen molar-refractivity contribution in [2.45, 2.75) is 24.9 Å². The zero-order valence-electron chi connectivity index (χ0n) is 14.0. The van der Waals surface area contributed by atoms with Crippen LogP contribution in [0.5, 0.6) is 0 Å². The fourth-order valence-electron chi connectivity index (χ4n) is 2.52. The van der Waals surface area contributed by atoms with Crippen LogP contribution in [0.25, 0.3) is 0 Å². The van der Waals surface area contributed by atoms with E-state index in [1.54, 1.807) is 24.4 Å². The summed E-state index contributed by atoms with van der Waals surface area (Å²) in [6.07, 6.45) is 5.22. The minimum atomic E-state index is -0.616. The van der Waals surface area contributed by atoms with Gasteiger partial charge in [-0.1, -0.05) is 6.07 Å². The molecule has 134 valence electrons. The molecule has 3 rings (SSSR count). The zero-order chi connectivity index (χ0) is 18.5. The van der Waals surface area contributed by atoms with Crippen molar-refractivity contribution in [1.82, 2.24) is 25.6 Å². The third-order valence-electron chi connectivity index (χ3n) is 3.99. The van der Waals surface area contributed by atoms with E-state index in [0.717, 1.165) is 0 Å². The minimum Gasteiger partial charge on any atom is -0.464 e. The zero-order valence-corrected chi connectivity index (χ0v) is 14.0. The van der Waals surface area contributed by atoms with E-state index in [-0.39, 0.29) is 35.3 Å². The molecule has 26 heavy (non-hydrogen) atoms. The van der Waals surface area contributed by atoms with Crippen LogP contribution in [0.15, 0.2) is 36.8 Å². The Bertz CT molecular complexity index is 804. The molecule has 0 bridgehead atoms. The van der Waals surface area contributed by atoms with E-state index in [2.05, 4.69) is 30.3 Å². The maximum Gasteiger partial charge on any atom is 0.358 e. The number of ether oxygens (including phenoxy) is 1. The predicted octanol–water partition coefficient (Wildman–Crippen LogP) is 0.349. The van der Waals surface area contributed by atoms with Crippen molar-refractivity contribution in [3.63, 3.8) is 0 Å². The smallest absolute Gasteiger partial charge is 0.358 e. The third-order valence-corrected chi connectivity index (χ3v) is 3.99. The first-order chi connectivity index (χ1) is 12.6. The van der Waals surface area contributed by atoms with Gasteiger partial charge in [-0.15, -0.1) is 0 Å². The van der Waals surface area contributed by atoms with Gasteiger partial charge in [0.25, 0.3) is 11.8 Å². The Balaban J connectivity index is 1.46. The second-order valence-corrected chi connectivity index (χ2v) is 5.81. The molecule has 1 fully saturated rings. The number of carbonyl (C=O) groups is 3. The van der Waals surface area contributed by atoms with Gasteiger partial charge in [0.1, 0.15) is 11.4 Å². The van der Waals surface area contributed by atoms with E-state index in [1.807, 2.05) is 0 Å². The molecule has 2 amide bonds. The van der Waals surface area contributed by atoms with Gasteiger partial charge in [0, 0.05) is 18.3 Å². The number of hydrogen-bond acceptors (Lipinski definition) is 7.